The highest BCUT2D eigenvalue weighted by Crippen LogP contribution is 2.38. The van der Waals surface area contributed by atoms with Gasteiger partial charge in [0.1, 0.15) is 35.7 Å². The number of allylic oxidation sites excluding steroid dienone is 1. The van der Waals surface area contributed by atoms with Crippen LogP contribution in [0.4, 0.5) is 4.39 Å². The molecule has 0 bridgehead atoms. The van der Waals surface area contributed by atoms with Crippen LogP contribution in [-0.4, -0.2) is 31.4 Å². The number of hydrogen-bond donors (Lipinski definition) is 0. The summed E-state index contributed by atoms with van der Waals surface area (Å²) >= 11 is 1.22. The number of para-hydroxylation sites is 1. The standard InChI is InChI=1S/C34H33FN2O6S/c1-5-11-26-30(33(39)42-6-2)31(24-19-23(40-3)16-17-28(24)41-4)37-32(38)29(44-34(37)36-26)18-21-12-8-10-15-27(21)43-20-22-13-7-9-14-25(22)35/h7-10,12-19,31H,5-6,11,20H2,1-4H3/b29-18-/t31-/m0/s1. The minimum atomic E-state index is -0.869. The number of aromatic nitrogens is 1. The third-order valence-corrected chi connectivity index (χ3v) is 8.15. The molecule has 2 heterocycles. The summed E-state index contributed by atoms with van der Waals surface area (Å²) in [6.07, 6.45) is 2.97. The van der Waals surface area contributed by atoms with E-state index in [0.717, 1.165) is 6.42 Å². The zero-order valence-electron chi connectivity index (χ0n) is 25.0. The van der Waals surface area contributed by atoms with Crippen LogP contribution in [0.25, 0.3) is 6.08 Å². The van der Waals surface area contributed by atoms with Crippen LogP contribution in [0.1, 0.15) is 49.4 Å². The molecule has 228 valence electrons. The average Bonchev–Trinajstić information content (AvgIpc) is 3.34. The van der Waals surface area contributed by atoms with Crippen LogP contribution in [0, 0.1) is 5.82 Å². The van der Waals surface area contributed by atoms with Gasteiger partial charge in [-0.05, 0) is 49.8 Å². The predicted molar refractivity (Wildman–Crippen MR) is 166 cm³/mol. The molecule has 1 aromatic heterocycles. The molecule has 4 aromatic rings. The monoisotopic (exact) mass is 616 g/mol. The third-order valence-electron chi connectivity index (χ3n) is 7.17. The third kappa shape index (κ3) is 6.16. The molecular weight excluding hydrogens is 583 g/mol. The van der Waals surface area contributed by atoms with E-state index in [1.54, 1.807) is 62.6 Å². The van der Waals surface area contributed by atoms with Crippen molar-refractivity contribution in [3.05, 3.63) is 120 Å². The fourth-order valence-corrected chi connectivity index (χ4v) is 6.12. The number of thiazole rings is 1. The van der Waals surface area contributed by atoms with Crippen molar-refractivity contribution in [1.82, 2.24) is 4.57 Å². The quantitative estimate of drug-likeness (QED) is 0.212. The molecule has 8 nitrogen and oxygen atoms in total. The number of benzene rings is 3. The van der Waals surface area contributed by atoms with Crippen LogP contribution in [-0.2, 0) is 16.1 Å². The lowest BCUT2D eigenvalue weighted by atomic mass is 9.93. The second-order valence-electron chi connectivity index (χ2n) is 9.94. The van der Waals surface area contributed by atoms with Crippen molar-refractivity contribution in [3.63, 3.8) is 0 Å². The Kier molecular flexibility index (Phi) is 9.59. The molecule has 44 heavy (non-hydrogen) atoms. The van der Waals surface area contributed by atoms with Gasteiger partial charge in [0.25, 0.3) is 5.56 Å². The molecule has 0 spiro atoms. The summed E-state index contributed by atoms with van der Waals surface area (Å²) in [6.45, 7) is 3.93. The topological polar surface area (TPSA) is 88.4 Å². The Labute approximate surface area is 258 Å². The van der Waals surface area contributed by atoms with E-state index in [2.05, 4.69) is 0 Å². The van der Waals surface area contributed by atoms with Crippen molar-refractivity contribution >= 4 is 23.4 Å². The molecular formula is C34H33FN2O6S. The largest absolute Gasteiger partial charge is 0.497 e. The number of hydrogen-bond acceptors (Lipinski definition) is 8. The summed E-state index contributed by atoms with van der Waals surface area (Å²) in [5.74, 6) is 0.617. The van der Waals surface area contributed by atoms with Crippen LogP contribution >= 0.6 is 11.3 Å². The lowest BCUT2D eigenvalue weighted by Crippen LogP contribution is -2.40. The van der Waals surface area contributed by atoms with Gasteiger partial charge in [-0.3, -0.25) is 9.36 Å². The van der Waals surface area contributed by atoms with Gasteiger partial charge in [-0.15, -0.1) is 0 Å². The van der Waals surface area contributed by atoms with Crippen LogP contribution in [0.5, 0.6) is 17.2 Å². The Balaban J connectivity index is 1.69. The highest BCUT2D eigenvalue weighted by atomic mass is 32.1. The molecule has 0 radical (unpaired) electrons. The molecule has 1 aliphatic rings. The zero-order chi connectivity index (χ0) is 31.2. The highest BCUT2D eigenvalue weighted by molar-refractivity contribution is 7.07. The highest BCUT2D eigenvalue weighted by Gasteiger charge is 2.36. The number of carbonyl (C=O) groups excluding carboxylic acids is 1. The summed E-state index contributed by atoms with van der Waals surface area (Å²) in [6, 6.07) is 18.1. The maximum Gasteiger partial charge on any atom is 0.338 e. The summed E-state index contributed by atoms with van der Waals surface area (Å²) in [5, 5.41) is 0. The molecule has 0 saturated heterocycles. The molecule has 3 aromatic carbocycles. The number of esters is 1. The molecule has 1 aliphatic heterocycles. The Hall–Kier alpha value is -4.70. The molecule has 1 atom stereocenters. The van der Waals surface area contributed by atoms with Crippen molar-refractivity contribution < 1.29 is 28.1 Å². The van der Waals surface area contributed by atoms with Crippen LogP contribution < -0.4 is 29.1 Å². The zero-order valence-corrected chi connectivity index (χ0v) is 25.8. The smallest absolute Gasteiger partial charge is 0.338 e. The first-order valence-electron chi connectivity index (χ1n) is 14.3. The van der Waals surface area contributed by atoms with Crippen LogP contribution in [0.15, 0.2) is 87.8 Å². The summed E-state index contributed by atoms with van der Waals surface area (Å²) in [5.41, 5.74) is 2.13. The number of halogens is 1. The maximum atomic E-state index is 14.2. The van der Waals surface area contributed by atoms with E-state index in [9.17, 15) is 14.0 Å². The molecule has 0 amide bonds. The van der Waals surface area contributed by atoms with Gasteiger partial charge in [0.05, 0.1) is 36.6 Å². The van der Waals surface area contributed by atoms with E-state index in [1.165, 1.54) is 29.1 Å². The first-order chi connectivity index (χ1) is 21.4. The minimum absolute atomic E-state index is 0.0255. The number of nitrogens with zero attached hydrogens (tertiary/aromatic N) is 2. The molecule has 0 unspecified atom stereocenters. The number of carbonyl (C=O) groups is 1. The first kappa shape index (κ1) is 30.7. The maximum absolute atomic E-state index is 14.2. The molecule has 5 rings (SSSR count). The lowest BCUT2D eigenvalue weighted by molar-refractivity contribution is -0.139. The Morgan fingerprint density at radius 1 is 1.02 bits per heavy atom. The summed E-state index contributed by atoms with van der Waals surface area (Å²) in [7, 11) is 3.08. The van der Waals surface area contributed by atoms with Gasteiger partial charge in [0.15, 0.2) is 4.80 Å². The van der Waals surface area contributed by atoms with Crippen molar-refractivity contribution in [2.75, 3.05) is 20.8 Å². The van der Waals surface area contributed by atoms with Crippen LogP contribution in [0.3, 0.4) is 0 Å². The molecule has 0 saturated carbocycles. The summed E-state index contributed by atoms with van der Waals surface area (Å²) < 4.78 is 38.8. The van der Waals surface area contributed by atoms with Gasteiger partial charge in [0.2, 0.25) is 0 Å². The second-order valence-corrected chi connectivity index (χ2v) is 10.9. The molecule has 0 fully saturated rings. The van der Waals surface area contributed by atoms with Crippen molar-refractivity contribution in [1.29, 1.82) is 0 Å². The van der Waals surface area contributed by atoms with E-state index in [1.807, 2.05) is 25.1 Å². The molecule has 0 aliphatic carbocycles. The number of ether oxygens (including phenoxy) is 4. The fourth-order valence-electron chi connectivity index (χ4n) is 5.11. The van der Waals surface area contributed by atoms with Crippen molar-refractivity contribution in [2.24, 2.45) is 4.99 Å². The Morgan fingerprint density at radius 2 is 1.80 bits per heavy atom. The normalized spacial score (nSPS) is 14.6. The Morgan fingerprint density at radius 3 is 2.52 bits per heavy atom. The predicted octanol–water partition coefficient (Wildman–Crippen LogP) is 5.31. The van der Waals surface area contributed by atoms with Crippen molar-refractivity contribution in [3.8, 4) is 17.2 Å². The average molecular weight is 617 g/mol. The SMILES string of the molecule is CCCC1=C(C(=O)OCC)[C@H](c2cc(OC)ccc2OC)n2c(s/c(=C\c3ccccc3OCc3ccccc3F)c2=O)=N1. The minimum Gasteiger partial charge on any atom is -0.497 e. The van der Waals surface area contributed by atoms with Gasteiger partial charge >= 0.3 is 5.97 Å². The number of rotatable bonds is 11. The first-order valence-corrected chi connectivity index (χ1v) is 15.1. The number of fused-ring (bicyclic) bond motifs is 1. The summed E-state index contributed by atoms with van der Waals surface area (Å²) in [4.78, 5) is 33.0. The van der Waals surface area contributed by atoms with E-state index in [-0.39, 0.29) is 30.2 Å². The van der Waals surface area contributed by atoms with Gasteiger partial charge in [-0.25, -0.2) is 14.2 Å². The Bertz CT molecular complexity index is 1890. The molecule has 10 heteroatoms. The number of methoxy groups -OCH3 is 2. The van der Waals surface area contributed by atoms with E-state index in [4.69, 9.17) is 23.9 Å². The van der Waals surface area contributed by atoms with Gasteiger partial charge in [-0.1, -0.05) is 61.1 Å². The fraction of sp³-hybridized carbons (Fsp3) is 0.265. The van der Waals surface area contributed by atoms with E-state index in [0.29, 0.717) is 55.4 Å². The van der Waals surface area contributed by atoms with Gasteiger partial charge in [0, 0.05) is 16.7 Å². The van der Waals surface area contributed by atoms with Gasteiger partial charge in [-0.2, -0.15) is 0 Å². The van der Waals surface area contributed by atoms with Gasteiger partial charge < -0.3 is 18.9 Å². The lowest BCUT2D eigenvalue weighted by Gasteiger charge is -2.27. The van der Waals surface area contributed by atoms with E-state index >= 15 is 0 Å². The molecule has 0 N–H and O–H groups in total. The van der Waals surface area contributed by atoms with Crippen LogP contribution in [0.2, 0.25) is 0 Å². The van der Waals surface area contributed by atoms with Crippen molar-refractivity contribution in [2.45, 2.75) is 39.3 Å². The second kappa shape index (κ2) is 13.7. The van der Waals surface area contributed by atoms with E-state index < -0.39 is 12.0 Å².